The van der Waals surface area contributed by atoms with Gasteiger partial charge in [0.25, 0.3) is 5.91 Å². The third kappa shape index (κ3) is 4.50. The van der Waals surface area contributed by atoms with Gasteiger partial charge >= 0.3 is 0 Å². The highest BCUT2D eigenvalue weighted by molar-refractivity contribution is 6.12. The fraction of sp³-hybridized carbons (Fsp3) is 0.276. The Morgan fingerprint density at radius 2 is 1.86 bits per heavy atom. The highest BCUT2D eigenvalue weighted by Gasteiger charge is 2.49. The van der Waals surface area contributed by atoms with Gasteiger partial charge in [-0.25, -0.2) is 0 Å². The number of nitrogens with zero attached hydrogens (tertiary/aromatic N) is 3. The van der Waals surface area contributed by atoms with Crippen molar-refractivity contribution in [1.82, 2.24) is 15.1 Å². The Morgan fingerprint density at radius 1 is 1.14 bits per heavy atom. The summed E-state index contributed by atoms with van der Waals surface area (Å²) in [5.74, 6) is 1.09. The highest BCUT2D eigenvalue weighted by Crippen LogP contribution is 2.35. The third-order valence-corrected chi connectivity index (χ3v) is 6.85. The Kier molecular flexibility index (Phi) is 6.33. The molecule has 8 nitrogen and oxygen atoms in total. The van der Waals surface area contributed by atoms with Crippen LogP contribution < -0.4 is 15.0 Å². The molecule has 1 aliphatic heterocycles. The lowest BCUT2D eigenvalue weighted by atomic mass is 9.93. The molecule has 37 heavy (non-hydrogen) atoms. The second-order valence-corrected chi connectivity index (χ2v) is 9.74. The molecule has 5 rings (SSSR count). The Labute approximate surface area is 215 Å². The summed E-state index contributed by atoms with van der Waals surface area (Å²) in [5, 5.41) is 7.63. The number of hydrogen-bond acceptors (Lipinski definition) is 5. The second-order valence-electron chi connectivity index (χ2n) is 9.74. The predicted molar refractivity (Wildman–Crippen MR) is 141 cm³/mol. The monoisotopic (exact) mass is 498 g/mol. The maximum atomic E-state index is 13.9. The average Bonchev–Trinajstić information content (AvgIpc) is 3.58. The second kappa shape index (κ2) is 9.61. The maximum absolute atomic E-state index is 13.9. The number of ether oxygens (including phenoxy) is 1. The molecular weight excluding hydrogens is 468 g/mol. The minimum absolute atomic E-state index is 0.190. The Morgan fingerprint density at radius 3 is 2.49 bits per heavy atom. The molecule has 2 amide bonds. The lowest BCUT2D eigenvalue weighted by Gasteiger charge is -2.43. The van der Waals surface area contributed by atoms with Crippen LogP contribution in [-0.2, 0) is 17.9 Å². The minimum Gasteiger partial charge on any atom is -0.497 e. The summed E-state index contributed by atoms with van der Waals surface area (Å²) in [6.07, 6.45) is 1.56. The van der Waals surface area contributed by atoms with Crippen LogP contribution in [0.15, 0.2) is 77.4 Å². The number of rotatable bonds is 7. The standard InChI is InChI=1S/C29H30N4O4/c1-19(2)21-9-11-22(12-10-21)33-27(34)25-16-24(26-6-5-15-37-26)31-32(25)18-29(33,3)28(35)30-17-20-7-13-23(36-4)14-8-20/h5-16,19H,17-18H2,1-4H3,(H,30,35)/t29-/m0/s1. The molecule has 1 atom stereocenters. The van der Waals surface area contributed by atoms with Crippen LogP contribution in [0, 0.1) is 0 Å². The van der Waals surface area contributed by atoms with Gasteiger partial charge in [0.1, 0.15) is 22.7 Å². The highest BCUT2D eigenvalue weighted by atomic mass is 16.5. The van der Waals surface area contributed by atoms with Crippen LogP contribution >= 0.6 is 0 Å². The van der Waals surface area contributed by atoms with Crippen LogP contribution in [0.4, 0.5) is 5.69 Å². The van der Waals surface area contributed by atoms with Crippen LogP contribution in [0.2, 0.25) is 0 Å². The number of benzene rings is 2. The van der Waals surface area contributed by atoms with Crippen molar-refractivity contribution in [2.24, 2.45) is 0 Å². The van der Waals surface area contributed by atoms with Crippen LogP contribution in [0.1, 0.15) is 48.3 Å². The first-order valence-electron chi connectivity index (χ1n) is 12.3. The van der Waals surface area contributed by atoms with E-state index in [1.807, 2.05) is 48.5 Å². The van der Waals surface area contributed by atoms with E-state index in [1.165, 1.54) is 0 Å². The SMILES string of the molecule is COc1ccc(CNC(=O)[C@]2(C)Cn3nc(-c4ccco4)cc3C(=O)N2c2ccc(C(C)C)cc2)cc1. The van der Waals surface area contributed by atoms with E-state index in [0.29, 0.717) is 35.3 Å². The van der Waals surface area contributed by atoms with Crippen LogP contribution in [0.5, 0.6) is 5.75 Å². The van der Waals surface area contributed by atoms with Crippen molar-refractivity contribution in [2.75, 3.05) is 12.0 Å². The molecule has 8 heteroatoms. The molecule has 0 radical (unpaired) electrons. The fourth-order valence-electron chi connectivity index (χ4n) is 4.66. The van der Waals surface area contributed by atoms with E-state index in [0.717, 1.165) is 16.9 Å². The number of furan rings is 1. The molecule has 0 fully saturated rings. The third-order valence-electron chi connectivity index (χ3n) is 6.85. The van der Waals surface area contributed by atoms with Crippen molar-refractivity contribution in [3.05, 3.63) is 89.8 Å². The number of anilines is 1. The number of carbonyl (C=O) groups is 2. The average molecular weight is 499 g/mol. The van der Waals surface area contributed by atoms with E-state index in [1.54, 1.807) is 48.1 Å². The summed E-state index contributed by atoms with van der Waals surface area (Å²) in [7, 11) is 1.61. The molecule has 2 aromatic carbocycles. The van der Waals surface area contributed by atoms with Gasteiger partial charge < -0.3 is 14.5 Å². The molecular formula is C29H30N4O4. The zero-order valence-electron chi connectivity index (χ0n) is 21.4. The van der Waals surface area contributed by atoms with Gasteiger partial charge in [0, 0.05) is 18.3 Å². The zero-order chi connectivity index (χ0) is 26.2. The summed E-state index contributed by atoms with van der Waals surface area (Å²) < 4.78 is 12.3. The van der Waals surface area contributed by atoms with Crippen molar-refractivity contribution in [1.29, 1.82) is 0 Å². The first-order valence-corrected chi connectivity index (χ1v) is 12.3. The number of nitrogens with one attached hydrogen (secondary N) is 1. The van der Waals surface area contributed by atoms with Gasteiger partial charge in [0.2, 0.25) is 5.91 Å². The largest absolute Gasteiger partial charge is 0.497 e. The van der Waals surface area contributed by atoms with E-state index in [9.17, 15) is 9.59 Å². The van der Waals surface area contributed by atoms with Crippen LogP contribution in [0.3, 0.4) is 0 Å². The molecule has 2 aromatic heterocycles. The molecule has 0 saturated heterocycles. The van der Waals surface area contributed by atoms with E-state index >= 15 is 0 Å². The number of methoxy groups -OCH3 is 1. The molecule has 4 aromatic rings. The summed E-state index contributed by atoms with van der Waals surface area (Å²) in [6, 6.07) is 20.6. The maximum Gasteiger partial charge on any atom is 0.277 e. The molecule has 0 unspecified atom stereocenters. The molecule has 0 aliphatic carbocycles. The zero-order valence-corrected chi connectivity index (χ0v) is 21.4. The van der Waals surface area contributed by atoms with Crippen molar-refractivity contribution in [2.45, 2.75) is 45.3 Å². The van der Waals surface area contributed by atoms with Gasteiger partial charge in [-0.05, 0) is 60.4 Å². The van der Waals surface area contributed by atoms with E-state index in [-0.39, 0.29) is 18.4 Å². The fourth-order valence-corrected chi connectivity index (χ4v) is 4.66. The molecule has 0 bridgehead atoms. The molecule has 190 valence electrons. The quantitative estimate of drug-likeness (QED) is 0.387. The lowest BCUT2D eigenvalue weighted by molar-refractivity contribution is -0.126. The number of hydrogen-bond donors (Lipinski definition) is 1. The number of amides is 2. The van der Waals surface area contributed by atoms with Crippen LogP contribution in [-0.4, -0.2) is 34.2 Å². The van der Waals surface area contributed by atoms with Gasteiger partial charge in [0.15, 0.2) is 5.76 Å². The summed E-state index contributed by atoms with van der Waals surface area (Å²) >= 11 is 0. The summed E-state index contributed by atoms with van der Waals surface area (Å²) in [5.41, 5.74) is 2.47. The van der Waals surface area contributed by atoms with Crippen molar-refractivity contribution in [3.8, 4) is 17.2 Å². The molecule has 0 spiro atoms. The minimum atomic E-state index is -1.22. The van der Waals surface area contributed by atoms with Gasteiger partial charge in [-0.3, -0.25) is 19.2 Å². The summed E-state index contributed by atoms with van der Waals surface area (Å²) in [6.45, 7) is 6.52. The van der Waals surface area contributed by atoms with E-state index in [4.69, 9.17) is 9.15 Å². The normalized spacial score (nSPS) is 17.1. The van der Waals surface area contributed by atoms with E-state index in [2.05, 4.69) is 24.3 Å². The Bertz CT molecular complexity index is 1410. The van der Waals surface area contributed by atoms with Gasteiger partial charge in [-0.15, -0.1) is 0 Å². The Hall–Kier alpha value is -4.33. The molecule has 3 heterocycles. The van der Waals surface area contributed by atoms with Gasteiger partial charge in [0.05, 0.1) is 19.9 Å². The van der Waals surface area contributed by atoms with E-state index < -0.39 is 5.54 Å². The molecule has 1 aliphatic rings. The Balaban J connectivity index is 1.50. The smallest absolute Gasteiger partial charge is 0.277 e. The number of carbonyl (C=O) groups excluding carboxylic acids is 2. The van der Waals surface area contributed by atoms with Crippen LogP contribution in [0.25, 0.3) is 11.5 Å². The van der Waals surface area contributed by atoms with Gasteiger partial charge in [-0.1, -0.05) is 38.1 Å². The lowest BCUT2D eigenvalue weighted by Crippen LogP contribution is -2.64. The predicted octanol–water partition coefficient (Wildman–Crippen LogP) is 5.01. The number of aromatic nitrogens is 2. The van der Waals surface area contributed by atoms with Crippen molar-refractivity contribution < 1.29 is 18.7 Å². The van der Waals surface area contributed by atoms with Gasteiger partial charge in [-0.2, -0.15) is 5.10 Å². The summed E-state index contributed by atoms with van der Waals surface area (Å²) in [4.78, 5) is 29.3. The topological polar surface area (TPSA) is 89.6 Å². The first-order chi connectivity index (χ1) is 17.8. The first kappa shape index (κ1) is 24.4. The number of fused-ring (bicyclic) bond motifs is 1. The molecule has 0 saturated carbocycles. The van der Waals surface area contributed by atoms with Crippen molar-refractivity contribution in [3.63, 3.8) is 0 Å². The van der Waals surface area contributed by atoms with Crippen molar-refractivity contribution >= 4 is 17.5 Å². The molecule has 1 N–H and O–H groups in total.